The summed E-state index contributed by atoms with van der Waals surface area (Å²) in [5, 5.41) is 2.28. The Balaban J connectivity index is 3.30. The first kappa shape index (κ1) is 13.4. The largest absolute Gasteiger partial charge is 0.496 e. The van der Waals surface area contributed by atoms with E-state index >= 15 is 0 Å². The monoisotopic (exact) mass is 251 g/mol. The van der Waals surface area contributed by atoms with E-state index in [0.29, 0.717) is 23.6 Å². The van der Waals surface area contributed by atoms with Crippen LogP contribution < -0.4 is 4.74 Å². The van der Waals surface area contributed by atoms with Gasteiger partial charge in [-0.1, -0.05) is 0 Å². The van der Waals surface area contributed by atoms with Crippen molar-refractivity contribution in [2.75, 3.05) is 13.7 Å². The Morgan fingerprint density at radius 2 is 2.24 bits per heavy atom. The summed E-state index contributed by atoms with van der Waals surface area (Å²) in [6.07, 6.45) is 0. The molecular weight excluding hydrogens is 238 g/mol. The summed E-state index contributed by atoms with van der Waals surface area (Å²) in [6, 6.07) is 3.31. The van der Waals surface area contributed by atoms with E-state index in [1.54, 1.807) is 19.1 Å². The predicted octanol–water partition coefficient (Wildman–Crippen LogP) is 2.91. The second-order valence-corrected chi connectivity index (χ2v) is 3.45. The molecule has 0 radical (unpaired) electrons. The van der Waals surface area contributed by atoms with Gasteiger partial charge in [0, 0.05) is 0 Å². The molecule has 0 bridgehead atoms. The van der Waals surface area contributed by atoms with Crippen LogP contribution in [0.25, 0.3) is 0 Å². The zero-order valence-electron chi connectivity index (χ0n) is 9.94. The molecule has 0 unspecified atom stereocenters. The van der Waals surface area contributed by atoms with Gasteiger partial charge < -0.3 is 9.47 Å². The molecule has 5 heteroatoms. The Bertz CT molecular complexity index is 479. The maximum Gasteiger partial charge on any atom is 0.341 e. The molecule has 0 aliphatic heterocycles. The van der Waals surface area contributed by atoms with Crippen LogP contribution in [0.4, 0.5) is 5.69 Å². The Morgan fingerprint density at radius 1 is 1.53 bits per heavy atom. The van der Waals surface area contributed by atoms with Crippen LogP contribution in [0.1, 0.15) is 22.8 Å². The first-order valence-electron chi connectivity index (χ1n) is 5.07. The number of isothiocyanates is 1. The Kier molecular flexibility index (Phi) is 4.82. The van der Waals surface area contributed by atoms with E-state index in [1.165, 1.54) is 7.11 Å². The highest BCUT2D eigenvalue weighted by atomic mass is 32.1. The molecule has 0 saturated carbocycles. The number of rotatable bonds is 4. The maximum absolute atomic E-state index is 11.7. The molecule has 0 aliphatic carbocycles. The minimum Gasteiger partial charge on any atom is -0.496 e. The number of carbonyl (C=O) groups excluding carboxylic acids is 1. The average Bonchev–Trinajstić information content (AvgIpc) is 2.31. The van der Waals surface area contributed by atoms with E-state index in [0.717, 1.165) is 5.56 Å². The molecule has 0 fully saturated rings. The number of thiocarbonyl (C=S) groups is 1. The fourth-order valence-corrected chi connectivity index (χ4v) is 1.48. The molecule has 0 saturated heterocycles. The lowest BCUT2D eigenvalue weighted by atomic mass is 10.1. The Morgan fingerprint density at radius 3 is 2.76 bits per heavy atom. The van der Waals surface area contributed by atoms with Crippen molar-refractivity contribution in [3.8, 4) is 5.75 Å². The van der Waals surface area contributed by atoms with Crippen molar-refractivity contribution in [1.29, 1.82) is 0 Å². The number of aryl methyl sites for hydroxylation is 1. The van der Waals surface area contributed by atoms with Gasteiger partial charge >= 0.3 is 5.97 Å². The Labute approximate surface area is 105 Å². The van der Waals surface area contributed by atoms with E-state index in [2.05, 4.69) is 22.4 Å². The van der Waals surface area contributed by atoms with Crippen LogP contribution in [0, 0.1) is 6.92 Å². The molecule has 0 spiro atoms. The average molecular weight is 251 g/mol. The minimum atomic E-state index is -0.440. The van der Waals surface area contributed by atoms with Crippen molar-refractivity contribution < 1.29 is 14.3 Å². The second-order valence-electron chi connectivity index (χ2n) is 3.26. The van der Waals surface area contributed by atoms with Crippen LogP contribution in [0.15, 0.2) is 17.1 Å². The van der Waals surface area contributed by atoms with Gasteiger partial charge in [0.05, 0.1) is 24.6 Å². The first-order valence-corrected chi connectivity index (χ1v) is 5.48. The van der Waals surface area contributed by atoms with Crippen LogP contribution >= 0.6 is 12.2 Å². The van der Waals surface area contributed by atoms with Crippen molar-refractivity contribution in [3.05, 3.63) is 23.3 Å². The zero-order chi connectivity index (χ0) is 12.8. The number of nitrogens with zero attached hydrogens (tertiary/aromatic N) is 1. The molecule has 17 heavy (non-hydrogen) atoms. The molecule has 1 rings (SSSR count). The second kappa shape index (κ2) is 6.13. The fourth-order valence-electron chi connectivity index (χ4n) is 1.38. The molecule has 90 valence electrons. The number of methoxy groups -OCH3 is 1. The number of ether oxygens (including phenoxy) is 2. The van der Waals surface area contributed by atoms with Gasteiger partial charge in [-0.2, -0.15) is 4.99 Å². The standard InChI is InChI=1S/C12H13NO3S/c1-4-16-12(14)9-6-10(13-7-17)8(2)5-11(9)15-3/h5-6H,4H2,1-3H3. The van der Waals surface area contributed by atoms with E-state index in [9.17, 15) is 4.79 Å². The molecule has 0 aliphatic rings. The zero-order valence-corrected chi connectivity index (χ0v) is 10.8. The van der Waals surface area contributed by atoms with Crippen molar-refractivity contribution in [2.45, 2.75) is 13.8 Å². The third-order valence-corrected chi connectivity index (χ3v) is 2.27. The number of hydrogen-bond donors (Lipinski definition) is 0. The summed E-state index contributed by atoms with van der Waals surface area (Å²) in [7, 11) is 1.50. The maximum atomic E-state index is 11.7. The van der Waals surface area contributed by atoms with Crippen molar-refractivity contribution >= 4 is 29.0 Å². The summed E-state index contributed by atoms with van der Waals surface area (Å²) in [5.74, 6) is 0.0226. The molecule has 0 amide bonds. The SMILES string of the molecule is CCOC(=O)c1cc(N=C=S)c(C)cc1OC. The van der Waals surface area contributed by atoms with Gasteiger partial charge in [-0.3, -0.25) is 0 Å². The number of benzene rings is 1. The van der Waals surface area contributed by atoms with Crippen molar-refractivity contribution in [2.24, 2.45) is 4.99 Å². The third-order valence-electron chi connectivity index (χ3n) is 2.18. The topological polar surface area (TPSA) is 47.9 Å². The molecular formula is C12H13NO3S. The quantitative estimate of drug-likeness (QED) is 0.469. The lowest BCUT2D eigenvalue weighted by molar-refractivity contribution is 0.0523. The van der Waals surface area contributed by atoms with Crippen LogP contribution in [0.5, 0.6) is 5.75 Å². The number of esters is 1. The van der Waals surface area contributed by atoms with Crippen LogP contribution in [-0.2, 0) is 4.74 Å². The van der Waals surface area contributed by atoms with Crippen molar-refractivity contribution in [1.82, 2.24) is 0 Å². The summed E-state index contributed by atoms with van der Waals surface area (Å²) >= 11 is 4.55. The summed E-state index contributed by atoms with van der Waals surface area (Å²) in [4.78, 5) is 15.6. The lowest BCUT2D eigenvalue weighted by Gasteiger charge is -2.10. The normalized spacial score (nSPS) is 9.35. The summed E-state index contributed by atoms with van der Waals surface area (Å²) < 4.78 is 10.1. The van der Waals surface area contributed by atoms with Crippen LogP contribution in [0.3, 0.4) is 0 Å². The van der Waals surface area contributed by atoms with Gasteiger partial charge in [-0.15, -0.1) is 0 Å². The molecule has 0 N–H and O–H groups in total. The van der Waals surface area contributed by atoms with E-state index in [1.807, 2.05) is 6.92 Å². The van der Waals surface area contributed by atoms with Gasteiger partial charge in [0.2, 0.25) is 0 Å². The third kappa shape index (κ3) is 3.12. The highest BCUT2D eigenvalue weighted by Crippen LogP contribution is 2.28. The Hall–Kier alpha value is -1.71. The smallest absolute Gasteiger partial charge is 0.341 e. The summed E-state index contributed by atoms with van der Waals surface area (Å²) in [6.45, 7) is 3.90. The predicted molar refractivity (Wildman–Crippen MR) is 68.4 cm³/mol. The van der Waals surface area contributed by atoms with Crippen LogP contribution in [0.2, 0.25) is 0 Å². The molecule has 1 aromatic rings. The summed E-state index contributed by atoms with van der Waals surface area (Å²) in [5.41, 5.74) is 1.78. The highest BCUT2D eigenvalue weighted by Gasteiger charge is 2.15. The van der Waals surface area contributed by atoms with Crippen LogP contribution in [-0.4, -0.2) is 24.8 Å². The van der Waals surface area contributed by atoms with Crippen molar-refractivity contribution in [3.63, 3.8) is 0 Å². The number of carbonyl (C=O) groups is 1. The lowest BCUT2D eigenvalue weighted by Crippen LogP contribution is -2.07. The van der Waals surface area contributed by atoms with E-state index in [4.69, 9.17) is 9.47 Å². The molecule has 1 aromatic carbocycles. The van der Waals surface area contributed by atoms with Gasteiger partial charge in [0.15, 0.2) is 0 Å². The molecule has 0 atom stereocenters. The first-order chi connectivity index (χ1) is 8.13. The molecule has 4 nitrogen and oxygen atoms in total. The van der Waals surface area contributed by atoms with Gasteiger partial charge in [-0.05, 0) is 43.8 Å². The van der Waals surface area contributed by atoms with E-state index in [-0.39, 0.29) is 0 Å². The van der Waals surface area contributed by atoms with Gasteiger partial charge in [0.25, 0.3) is 0 Å². The number of hydrogen-bond acceptors (Lipinski definition) is 5. The van der Waals surface area contributed by atoms with Gasteiger partial charge in [-0.25, -0.2) is 4.79 Å². The van der Waals surface area contributed by atoms with Gasteiger partial charge in [0.1, 0.15) is 11.3 Å². The minimum absolute atomic E-state index is 0.307. The number of aliphatic imine (C=N–C) groups is 1. The fraction of sp³-hybridized carbons (Fsp3) is 0.333. The van der Waals surface area contributed by atoms with E-state index < -0.39 is 5.97 Å². The highest BCUT2D eigenvalue weighted by molar-refractivity contribution is 7.78. The molecule has 0 aromatic heterocycles. The molecule has 0 heterocycles.